The molecule has 0 aliphatic heterocycles. The van der Waals surface area contributed by atoms with Crippen LogP contribution in [0.3, 0.4) is 0 Å². The molecule has 0 bridgehead atoms. The zero-order chi connectivity index (χ0) is 15.9. The maximum Gasteiger partial charge on any atom is 0.319 e. The van der Waals surface area contributed by atoms with Gasteiger partial charge in [-0.05, 0) is 37.2 Å². The van der Waals surface area contributed by atoms with Gasteiger partial charge in [0.1, 0.15) is 0 Å². The van der Waals surface area contributed by atoms with E-state index in [1.54, 1.807) is 29.2 Å². The second-order valence-electron chi connectivity index (χ2n) is 4.63. The minimum Gasteiger partial charge on any atom is -0.468 e. The quantitative estimate of drug-likeness (QED) is 0.649. The number of carbonyl (C=O) groups excluding carboxylic acids is 1. The van der Waals surface area contributed by atoms with Gasteiger partial charge >= 0.3 is 5.97 Å². The number of hydrogen-bond donors (Lipinski definition) is 0. The first-order valence-corrected chi connectivity index (χ1v) is 9.11. The smallest absolute Gasteiger partial charge is 0.319 e. The minimum absolute atomic E-state index is 0.0222. The molecule has 0 heterocycles. The van der Waals surface area contributed by atoms with E-state index < -0.39 is 9.84 Å². The third-order valence-corrected chi connectivity index (χ3v) is 5.21. The first kappa shape index (κ1) is 18.1. The lowest BCUT2D eigenvalue weighted by Gasteiger charge is -2.20. The molecule has 0 radical (unpaired) electrons. The van der Waals surface area contributed by atoms with Crippen LogP contribution in [0.4, 0.5) is 0 Å². The topological polar surface area (TPSA) is 63.7 Å². The number of hydrogen-bond acceptors (Lipinski definition) is 5. The second-order valence-corrected chi connectivity index (χ2v) is 7.65. The molecule has 0 N–H and O–H groups in total. The number of halogens is 1. The standard InChI is InChI=1S/C14H20BrNO4S/c1-3-8-16(11-14(17)20-2)9-10-21(18,19)13-6-4-12(15)5-7-13/h4-7H,3,8-11H2,1-2H3. The molecule has 0 unspecified atom stereocenters. The fraction of sp³-hybridized carbons (Fsp3) is 0.500. The minimum atomic E-state index is -3.35. The van der Waals surface area contributed by atoms with Gasteiger partial charge < -0.3 is 4.74 Å². The van der Waals surface area contributed by atoms with Crippen molar-refractivity contribution >= 4 is 31.7 Å². The average molecular weight is 378 g/mol. The van der Waals surface area contributed by atoms with E-state index in [1.807, 2.05) is 6.92 Å². The third-order valence-electron chi connectivity index (χ3n) is 2.97. The Hall–Kier alpha value is -0.920. The fourth-order valence-electron chi connectivity index (χ4n) is 1.84. The second kappa shape index (κ2) is 8.51. The van der Waals surface area contributed by atoms with Crippen molar-refractivity contribution in [2.45, 2.75) is 18.2 Å². The van der Waals surface area contributed by atoms with Crippen molar-refractivity contribution in [3.8, 4) is 0 Å². The van der Waals surface area contributed by atoms with Crippen LogP contribution in [-0.4, -0.2) is 51.8 Å². The molecule has 0 saturated carbocycles. The molecular weight excluding hydrogens is 358 g/mol. The summed E-state index contributed by atoms with van der Waals surface area (Å²) in [4.78, 5) is 13.4. The first-order valence-electron chi connectivity index (χ1n) is 6.66. The summed E-state index contributed by atoms with van der Waals surface area (Å²) in [6.45, 7) is 3.06. The van der Waals surface area contributed by atoms with Crippen molar-refractivity contribution in [3.63, 3.8) is 0 Å². The predicted octanol–water partition coefficient (Wildman–Crippen LogP) is 2.11. The van der Waals surface area contributed by atoms with E-state index in [0.717, 1.165) is 10.9 Å². The van der Waals surface area contributed by atoms with Gasteiger partial charge in [-0.25, -0.2) is 8.42 Å². The van der Waals surface area contributed by atoms with E-state index in [4.69, 9.17) is 0 Å². The summed E-state index contributed by atoms with van der Waals surface area (Å²) >= 11 is 3.28. The van der Waals surface area contributed by atoms with Crippen LogP contribution in [0, 0.1) is 0 Å². The van der Waals surface area contributed by atoms with Crippen molar-refractivity contribution in [1.82, 2.24) is 4.90 Å². The van der Waals surface area contributed by atoms with E-state index in [9.17, 15) is 13.2 Å². The molecule has 1 aromatic rings. The van der Waals surface area contributed by atoms with Gasteiger partial charge in [-0.15, -0.1) is 0 Å². The molecule has 0 aromatic heterocycles. The van der Waals surface area contributed by atoms with Gasteiger partial charge in [-0.2, -0.15) is 0 Å². The predicted molar refractivity (Wildman–Crippen MR) is 84.9 cm³/mol. The summed E-state index contributed by atoms with van der Waals surface area (Å²) in [6, 6.07) is 6.55. The molecule has 0 amide bonds. The molecule has 0 aliphatic carbocycles. The van der Waals surface area contributed by atoms with Crippen LogP contribution in [0.5, 0.6) is 0 Å². The SMILES string of the molecule is CCCN(CCS(=O)(=O)c1ccc(Br)cc1)CC(=O)OC. The van der Waals surface area contributed by atoms with E-state index in [0.29, 0.717) is 18.0 Å². The average Bonchev–Trinajstić information content (AvgIpc) is 2.45. The molecule has 7 heteroatoms. The van der Waals surface area contributed by atoms with Gasteiger partial charge in [0.2, 0.25) is 0 Å². The molecule has 5 nitrogen and oxygen atoms in total. The first-order chi connectivity index (χ1) is 9.89. The largest absolute Gasteiger partial charge is 0.468 e. The van der Waals surface area contributed by atoms with Crippen molar-refractivity contribution in [2.75, 3.05) is 32.5 Å². The number of methoxy groups -OCH3 is 1. The van der Waals surface area contributed by atoms with Gasteiger partial charge in [-0.1, -0.05) is 22.9 Å². The van der Waals surface area contributed by atoms with E-state index >= 15 is 0 Å². The molecule has 21 heavy (non-hydrogen) atoms. The molecule has 0 atom stereocenters. The number of sulfone groups is 1. The molecule has 0 spiro atoms. The van der Waals surface area contributed by atoms with Crippen molar-refractivity contribution < 1.29 is 17.9 Å². The van der Waals surface area contributed by atoms with Gasteiger partial charge in [0, 0.05) is 11.0 Å². The zero-order valence-electron chi connectivity index (χ0n) is 12.2. The normalized spacial score (nSPS) is 11.6. The Morgan fingerprint density at radius 3 is 2.38 bits per heavy atom. The summed E-state index contributed by atoms with van der Waals surface area (Å²) in [5.74, 6) is -0.379. The third kappa shape index (κ3) is 6.15. The Balaban J connectivity index is 2.69. The van der Waals surface area contributed by atoms with Crippen molar-refractivity contribution in [3.05, 3.63) is 28.7 Å². The fourth-order valence-corrected chi connectivity index (χ4v) is 3.39. The van der Waals surface area contributed by atoms with Crippen LogP contribution in [0.15, 0.2) is 33.6 Å². The Morgan fingerprint density at radius 2 is 1.86 bits per heavy atom. The van der Waals surface area contributed by atoms with Crippen LogP contribution in [-0.2, 0) is 19.4 Å². The summed E-state index contributed by atoms with van der Waals surface area (Å²) in [5.41, 5.74) is 0. The summed E-state index contributed by atoms with van der Waals surface area (Å²) in [6.07, 6.45) is 0.843. The Kier molecular flexibility index (Phi) is 7.34. The van der Waals surface area contributed by atoms with Crippen LogP contribution < -0.4 is 0 Å². The van der Waals surface area contributed by atoms with Crippen LogP contribution in [0.1, 0.15) is 13.3 Å². The lowest BCUT2D eigenvalue weighted by Crippen LogP contribution is -2.35. The Labute approximate surface area is 134 Å². The van der Waals surface area contributed by atoms with Crippen LogP contribution >= 0.6 is 15.9 Å². The highest BCUT2D eigenvalue weighted by atomic mass is 79.9. The molecule has 1 rings (SSSR count). The molecule has 0 saturated heterocycles. The highest BCUT2D eigenvalue weighted by Crippen LogP contribution is 2.16. The molecule has 118 valence electrons. The lowest BCUT2D eigenvalue weighted by molar-refractivity contribution is -0.141. The van der Waals surface area contributed by atoms with Gasteiger partial charge in [-0.3, -0.25) is 9.69 Å². The lowest BCUT2D eigenvalue weighted by atomic mass is 10.4. The Bertz CT molecular complexity index is 557. The Morgan fingerprint density at radius 1 is 1.24 bits per heavy atom. The highest BCUT2D eigenvalue weighted by Gasteiger charge is 2.17. The van der Waals surface area contributed by atoms with E-state index in [2.05, 4.69) is 20.7 Å². The molecule has 0 fully saturated rings. The number of nitrogens with zero attached hydrogens (tertiary/aromatic N) is 1. The van der Waals surface area contributed by atoms with Crippen molar-refractivity contribution in [1.29, 1.82) is 0 Å². The molecular formula is C14H20BrNO4S. The van der Waals surface area contributed by atoms with E-state index in [-0.39, 0.29) is 18.3 Å². The monoisotopic (exact) mass is 377 g/mol. The number of rotatable bonds is 8. The molecule has 0 aliphatic rings. The molecule has 1 aromatic carbocycles. The number of carbonyl (C=O) groups is 1. The van der Waals surface area contributed by atoms with E-state index in [1.165, 1.54) is 7.11 Å². The summed E-state index contributed by atoms with van der Waals surface area (Å²) < 4.78 is 30.0. The number of benzene rings is 1. The van der Waals surface area contributed by atoms with Crippen LogP contribution in [0.2, 0.25) is 0 Å². The zero-order valence-corrected chi connectivity index (χ0v) is 14.6. The number of ether oxygens (including phenoxy) is 1. The van der Waals surface area contributed by atoms with Gasteiger partial charge in [0.15, 0.2) is 9.84 Å². The maximum atomic E-state index is 12.2. The number of esters is 1. The maximum absolute atomic E-state index is 12.2. The van der Waals surface area contributed by atoms with Crippen molar-refractivity contribution in [2.24, 2.45) is 0 Å². The highest BCUT2D eigenvalue weighted by molar-refractivity contribution is 9.10. The van der Waals surface area contributed by atoms with Gasteiger partial charge in [0.05, 0.1) is 24.3 Å². The van der Waals surface area contributed by atoms with Crippen LogP contribution in [0.25, 0.3) is 0 Å². The summed E-state index contributed by atoms with van der Waals surface area (Å²) in [5, 5.41) is 0. The van der Waals surface area contributed by atoms with Gasteiger partial charge in [0.25, 0.3) is 0 Å². The summed E-state index contributed by atoms with van der Waals surface area (Å²) in [7, 11) is -2.02.